The highest BCUT2D eigenvalue weighted by Crippen LogP contribution is 2.34. The van der Waals surface area contributed by atoms with E-state index in [9.17, 15) is 9.59 Å². The molecule has 1 aromatic carbocycles. The first-order valence-electron chi connectivity index (χ1n) is 5.43. The number of urea groups is 1. The molecule has 1 aromatic rings. The third kappa shape index (κ3) is 3.33. The maximum atomic E-state index is 12.1. The summed E-state index contributed by atoms with van der Waals surface area (Å²) >= 11 is 16.6. The second-order valence-electron chi connectivity index (χ2n) is 4.00. The van der Waals surface area contributed by atoms with Gasteiger partial charge in [0.2, 0.25) is 0 Å². The van der Waals surface area contributed by atoms with E-state index in [1.165, 1.54) is 16.7 Å². The fourth-order valence-electron chi connectivity index (χ4n) is 1.69. The fraction of sp³-hybridized carbons (Fsp3) is 0.273. The van der Waals surface area contributed by atoms with Gasteiger partial charge >= 0.3 is 12.0 Å². The lowest BCUT2D eigenvalue weighted by atomic mass is 10.3. The molecule has 108 valence electrons. The van der Waals surface area contributed by atoms with Crippen LogP contribution in [0.3, 0.4) is 0 Å². The zero-order chi connectivity index (χ0) is 14.9. The zero-order valence-electron chi connectivity index (χ0n) is 9.90. The van der Waals surface area contributed by atoms with Gasteiger partial charge in [-0.25, -0.2) is 9.59 Å². The quantitative estimate of drug-likeness (QED) is 0.794. The van der Waals surface area contributed by atoms with Crippen molar-refractivity contribution in [2.24, 2.45) is 0 Å². The maximum Gasteiger partial charge on any atom is 0.327 e. The van der Waals surface area contributed by atoms with Crippen LogP contribution in [-0.4, -0.2) is 39.7 Å². The fourth-order valence-corrected chi connectivity index (χ4v) is 4.14. The molecule has 20 heavy (non-hydrogen) atoms. The molecular formula is C11H9BrCl2N2O3S. The van der Waals surface area contributed by atoms with E-state index < -0.39 is 18.0 Å². The van der Waals surface area contributed by atoms with Crippen molar-refractivity contribution in [2.45, 2.75) is 6.04 Å². The van der Waals surface area contributed by atoms with Crippen molar-refractivity contribution in [3.05, 3.63) is 26.7 Å². The average molecular weight is 400 g/mol. The molecular weight excluding hydrogens is 391 g/mol. The van der Waals surface area contributed by atoms with Gasteiger partial charge in [-0.2, -0.15) is 0 Å². The van der Waals surface area contributed by atoms with Crippen LogP contribution in [0.25, 0.3) is 0 Å². The number of hydrogen-bond donors (Lipinski definition) is 2. The minimum Gasteiger partial charge on any atom is -0.480 e. The summed E-state index contributed by atoms with van der Waals surface area (Å²) in [5.74, 6) is -0.350. The molecule has 1 atom stereocenters. The van der Waals surface area contributed by atoms with Crippen LogP contribution in [-0.2, 0) is 4.79 Å². The van der Waals surface area contributed by atoms with E-state index in [1.54, 1.807) is 12.1 Å². The first kappa shape index (κ1) is 15.8. The monoisotopic (exact) mass is 398 g/mol. The predicted molar refractivity (Wildman–Crippen MR) is 83.8 cm³/mol. The van der Waals surface area contributed by atoms with Crippen molar-refractivity contribution in [3.63, 3.8) is 0 Å². The topological polar surface area (TPSA) is 69.6 Å². The summed E-state index contributed by atoms with van der Waals surface area (Å²) in [4.78, 5) is 24.4. The Morgan fingerprint density at radius 3 is 2.55 bits per heavy atom. The molecule has 5 nitrogen and oxygen atoms in total. The Balaban J connectivity index is 2.18. The molecule has 0 bridgehead atoms. The lowest BCUT2D eigenvalue weighted by Gasteiger charge is -2.21. The molecule has 0 radical (unpaired) electrons. The number of carbonyl (C=O) groups is 2. The van der Waals surface area contributed by atoms with Gasteiger partial charge in [0.1, 0.15) is 6.04 Å². The van der Waals surface area contributed by atoms with Crippen molar-refractivity contribution in [2.75, 3.05) is 16.9 Å². The molecule has 1 unspecified atom stereocenters. The van der Waals surface area contributed by atoms with Gasteiger partial charge in [-0.05, 0) is 12.1 Å². The van der Waals surface area contributed by atoms with Gasteiger partial charge in [-0.3, -0.25) is 0 Å². The van der Waals surface area contributed by atoms with Crippen LogP contribution in [0.1, 0.15) is 0 Å². The summed E-state index contributed by atoms with van der Waals surface area (Å²) in [5, 5.41) is 12.2. The Labute approximate surface area is 137 Å². The number of anilines is 1. The van der Waals surface area contributed by atoms with Crippen molar-refractivity contribution in [3.8, 4) is 0 Å². The van der Waals surface area contributed by atoms with Gasteiger partial charge in [0.25, 0.3) is 0 Å². The molecule has 2 N–H and O–H groups in total. The number of thioether (sulfide) groups is 1. The standard InChI is InChI=1S/C11H9BrCl2N2O3S/c12-5-1-6(13)9(7(14)2-5)15-11(19)16-4-20-3-8(16)10(17)18/h1-2,8H,3-4H2,(H,15,19)(H,17,18). The summed E-state index contributed by atoms with van der Waals surface area (Å²) in [5.41, 5.74) is 0.266. The third-order valence-corrected chi connectivity index (χ3v) is 4.73. The maximum absolute atomic E-state index is 12.1. The lowest BCUT2D eigenvalue weighted by molar-refractivity contribution is -0.140. The zero-order valence-corrected chi connectivity index (χ0v) is 13.8. The van der Waals surface area contributed by atoms with Crippen LogP contribution in [0.5, 0.6) is 0 Å². The second-order valence-corrected chi connectivity index (χ2v) is 6.73. The summed E-state index contributed by atoms with van der Waals surface area (Å²) in [6.07, 6.45) is 0. The van der Waals surface area contributed by atoms with Gasteiger partial charge in [-0.1, -0.05) is 39.1 Å². The van der Waals surface area contributed by atoms with E-state index in [-0.39, 0.29) is 15.7 Å². The van der Waals surface area contributed by atoms with Crippen LogP contribution in [0, 0.1) is 0 Å². The number of benzene rings is 1. The number of halogens is 3. The number of rotatable bonds is 2. The third-order valence-electron chi connectivity index (χ3n) is 2.67. The van der Waals surface area contributed by atoms with Gasteiger partial charge in [-0.15, -0.1) is 11.8 Å². The van der Waals surface area contributed by atoms with Crippen LogP contribution >= 0.6 is 50.9 Å². The average Bonchev–Trinajstić information content (AvgIpc) is 2.82. The lowest BCUT2D eigenvalue weighted by Crippen LogP contribution is -2.44. The first-order valence-corrected chi connectivity index (χ1v) is 8.13. The number of aliphatic carboxylic acids is 1. The Morgan fingerprint density at radius 1 is 1.40 bits per heavy atom. The highest BCUT2D eigenvalue weighted by molar-refractivity contribution is 9.10. The van der Waals surface area contributed by atoms with Crippen LogP contribution in [0.15, 0.2) is 16.6 Å². The van der Waals surface area contributed by atoms with Crippen molar-refractivity contribution in [1.29, 1.82) is 0 Å². The first-order chi connectivity index (χ1) is 9.40. The molecule has 1 fully saturated rings. The summed E-state index contributed by atoms with van der Waals surface area (Å²) < 4.78 is 0.686. The molecule has 0 aromatic heterocycles. The SMILES string of the molecule is O=C(O)C1CSCN1C(=O)Nc1c(Cl)cc(Br)cc1Cl. The number of carboxylic acids is 1. The largest absolute Gasteiger partial charge is 0.480 e. The highest BCUT2D eigenvalue weighted by Gasteiger charge is 2.35. The Kier molecular flexibility index (Phi) is 5.06. The van der Waals surface area contributed by atoms with E-state index in [4.69, 9.17) is 28.3 Å². The molecule has 2 rings (SSSR count). The minimum atomic E-state index is -1.03. The number of hydrogen-bond acceptors (Lipinski definition) is 3. The highest BCUT2D eigenvalue weighted by atomic mass is 79.9. The number of nitrogens with zero attached hydrogens (tertiary/aromatic N) is 1. The molecule has 0 spiro atoms. The molecule has 1 saturated heterocycles. The molecule has 2 amide bonds. The molecule has 0 aliphatic carbocycles. The molecule has 9 heteroatoms. The smallest absolute Gasteiger partial charge is 0.327 e. The van der Waals surface area contributed by atoms with E-state index in [2.05, 4.69) is 21.2 Å². The van der Waals surface area contributed by atoms with E-state index in [0.717, 1.165) is 0 Å². The Bertz CT molecular complexity index is 550. The normalized spacial score (nSPS) is 18.1. The van der Waals surface area contributed by atoms with Gasteiger partial charge in [0.15, 0.2) is 0 Å². The summed E-state index contributed by atoms with van der Waals surface area (Å²) in [7, 11) is 0. The van der Waals surface area contributed by atoms with Gasteiger partial charge in [0.05, 0.1) is 21.6 Å². The Hall–Kier alpha value is -0.630. The summed E-state index contributed by atoms with van der Waals surface area (Å²) in [6, 6.07) is 1.81. The minimum absolute atomic E-state index is 0.266. The number of nitrogens with one attached hydrogen (secondary N) is 1. The molecule has 1 aliphatic heterocycles. The van der Waals surface area contributed by atoms with Gasteiger partial charge < -0.3 is 15.3 Å². The Morgan fingerprint density at radius 2 is 2.00 bits per heavy atom. The number of amides is 2. The van der Waals surface area contributed by atoms with E-state index in [0.29, 0.717) is 16.1 Å². The number of carbonyl (C=O) groups excluding carboxylic acids is 1. The van der Waals surface area contributed by atoms with Crippen molar-refractivity contribution in [1.82, 2.24) is 4.90 Å². The summed E-state index contributed by atoms with van der Waals surface area (Å²) in [6.45, 7) is 0. The molecule has 0 saturated carbocycles. The number of carboxylic acid groups (broad SMARTS) is 1. The van der Waals surface area contributed by atoms with Gasteiger partial charge in [0, 0.05) is 10.2 Å². The van der Waals surface area contributed by atoms with E-state index in [1.807, 2.05) is 0 Å². The molecule has 1 aliphatic rings. The van der Waals surface area contributed by atoms with Crippen LogP contribution in [0.2, 0.25) is 10.0 Å². The van der Waals surface area contributed by atoms with Crippen molar-refractivity contribution >= 4 is 68.6 Å². The predicted octanol–water partition coefficient (Wildman–Crippen LogP) is 3.75. The van der Waals surface area contributed by atoms with Crippen molar-refractivity contribution < 1.29 is 14.7 Å². The van der Waals surface area contributed by atoms with Crippen LogP contribution < -0.4 is 5.32 Å². The van der Waals surface area contributed by atoms with E-state index >= 15 is 0 Å². The second kappa shape index (κ2) is 6.43. The van der Waals surface area contributed by atoms with Crippen LogP contribution in [0.4, 0.5) is 10.5 Å². The molecule has 1 heterocycles.